The number of halogens is 4. The third kappa shape index (κ3) is 2.10. The second-order valence-electron chi connectivity index (χ2n) is 2.33. The van der Waals surface area contributed by atoms with E-state index in [1.807, 2.05) is 0 Å². The molecule has 0 saturated carbocycles. The first-order valence-electron chi connectivity index (χ1n) is 3.34. The van der Waals surface area contributed by atoms with Crippen molar-refractivity contribution in [2.75, 3.05) is 7.11 Å². The van der Waals surface area contributed by atoms with Crippen LogP contribution in [0.5, 0.6) is 5.88 Å². The molecule has 2 nitrogen and oxygen atoms in total. The molecule has 1 heterocycles. The van der Waals surface area contributed by atoms with Crippen molar-refractivity contribution in [2.24, 2.45) is 0 Å². The van der Waals surface area contributed by atoms with Gasteiger partial charge in [-0.3, -0.25) is 0 Å². The molecule has 0 bridgehead atoms. The van der Waals surface area contributed by atoms with Gasteiger partial charge in [-0.1, -0.05) is 0 Å². The van der Waals surface area contributed by atoms with E-state index in [0.29, 0.717) is 12.3 Å². The Kier molecular flexibility index (Phi) is 2.44. The van der Waals surface area contributed by atoms with Gasteiger partial charge in [0.2, 0.25) is 0 Å². The molecule has 0 aromatic carbocycles. The second kappa shape index (κ2) is 3.23. The Morgan fingerprint density at radius 3 is 2.46 bits per heavy atom. The molecule has 72 valence electrons. The molecule has 0 saturated heterocycles. The third-order valence-corrected chi connectivity index (χ3v) is 1.39. The van der Waals surface area contributed by atoms with E-state index in [2.05, 4.69) is 9.72 Å². The SMILES string of the molecule is COc1ncc(F)cc1[B-](F)(F)F. The van der Waals surface area contributed by atoms with Gasteiger partial charge in [0.1, 0.15) is 5.82 Å². The highest BCUT2D eigenvalue weighted by atomic mass is 19.4. The van der Waals surface area contributed by atoms with Crippen LogP contribution in [0.3, 0.4) is 0 Å². The van der Waals surface area contributed by atoms with Crippen LogP contribution < -0.4 is 10.2 Å². The summed E-state index contributed by atoms with van der Waals surface area (Å²) in [6.07, 6.45) is 0.671. The molecular formula is C6H5BF4NO-. The quantitative estimate of drug-likeness (QED) is 0.522. The first kappa shape index (κ1) is 9.82. The highest BCUT2D eigenvalue weighted by molar-refractivity contribution is 6.74. The molecule has 1 aromatic rings. The van der Waals surface area contributed by atoms with E-state index in [1.54, 1.807) is 0 Å². The maximum Gasteiger partial charge on any atom is 0.515 e. The smallest absolute Gasteiger partial charge is 0.483 e. The normalized spacial score (nSPS) is 11.5. The molecule has 0 aliphatic rings. The van der Waals surface area contributed by atoms with Gasteiger partial charge in [0.25, 0.3) is 0 Å². The van der Waals surface area contributed by atoms with Crippen LogP contribution in [0.15, 0.2) is 12.3 Å². The van der Waals surface area contributed by atoms with Gasteiger partial charge >= 0.3 is 6.98 Å². The number of nitrogens with zero attached hydrogens (tertiary/aromatic N) is 1. The molecule has 1 rings (SSSR count). The first-order valence-corrected chi connectivity index (χ1v) is 3.34. The fraction of sp³-hybridized carbons (Fsp3) is 0.167. The third-order valence-electron chi connectivity index (χ3n) is 1.39. The van der Waals surface area contributed by atoms with E-state index in [-0.39, 0.29) is 0 Å². The summed E-state index contributed by atoms with van der Waals surface area (Å²) in [4.78, 5) is 3.16. The topological polar surface area (TPSA) is 22.1 Å². The highest BCUT2D eigenvalue weighted by Gasteiger charge is 2.30. The molecule has 0 atom stereocenters. The summed E-state index contributed by atoms with van der Waals surface area (Å²) >= 11 is 0. The van der Waals surface area contributed by atoms with Crippen molar-refractivity contribution in [1.29, 1.82) is 0 Å². The predicted molar refractivity (Wildman–Crippen MR) is 39.5 cm³/mol. The van der Waals surface area contributed by atoms with Crippen molar-refractivity contribution in [3.05, 3.63) is 18.1 Å². The molecule has 0 aliphatic carbocycles. The van der Waals surface area contributed by atoms with Gasteiger partial charge in [-0.2, -0.15) is 0 Å². The zero-order valence-electron chi connectivity index (χ0n) is 6.60. The van der Waals surface area contributed by atoms with Gasteiger partial charge in [0.15, 0.2) is 5.88 Å². The summed E-state index contributed by atoms with van der Waals surface area (Å²) in [5.74, 6) is -1.64. The molecule has 0 unspecified atom stereocenters. The Bertz CT molecular complexity index is 314. The Morgan fingerprint density at radius 2 is 2.00 bits per heavy atom. The monoisotopic (exact) mass is 194 g/mol. The summed E-state index contributed by atoms with van der Waals surface area (Å²) in [7, 11) is 1.05. The lowest BCUT2D eigenvalue weighted by Gasteiger charge is -2.17. The number of rotatable bonds is 2. The number of methoxy groups -OCH3 is 1. The van der Waals surface area contributed by atoms with E-state index < -0.39 is 24.1 Å². The van der Waals surface area contributed by atoms with Crippen LogP contribution in [-0.4, -0.2) is 19.1 Å². The van der Waals surface area contributed by atoms with Crippen LogP contribution in [0.25, 0.3) is 0 Å². The Balaban J connectivity index is 3.24. The Labute approximate surface area is 71.6 Å². The van der Waals surface area contributed by atoms with Gasteiger partial charge in [0.05, 0.1) is 13.3 Å². The zero-order valence-corrected chi connectivity index (χ0v) is 6.60. The standard InChI is InChI=1S/C6H5BF4NO/c1-13-6-5(7(9,10)11)2-4(8)3-12-6/h2-3H,1H3/q-1. The van der Waals surface area contributed by atoms with Gasteiger partial charge in [0, 0.05) is 0 Å². The molecule has 0 spiro atoms. The molecule has 1 aromatic heterocycles. The van der Waals surface area contributed by atoms with Crippen LogP contribution in [0.1, 0.15) is 0 Å². The van der Waals surface area contributed by atoms with Crippen molar-refractivity contribution >= 4 is 12.4 Å². The van der Waals surface area contributed by atoms with Gasteiger partial charge < -0.3 is 17.7 Å². The summed E-state index contributed by atoms with van der Waals surface area (Å²) in [6.45, 7) is -5.28. The minimum atomic E-state index is -5.28. The van der Waals surface area contributed by atoms with Crippen molar-refractivity contribution in [1.82, 2.24) is 4.98 Å². The van der Waals surface area contributed by atoms with Crippen LogP contribution in [0, 0.1) is 5.82 Å². The molecule has 0 fully saturated rings. The summed E-state index contributed by atoms with van der Waals surface area (Å²) in [5.41, 5.74) is -1.15. The minimum absolute atomic E-state index is 0.367. The number of pyridine rings is 1. The van der Waals surface area contributed by atoms with Crippen LogP contribution in [-0.2, 0) is 0 Å². The average molecular weight is 194 g/mol. The predicted octanol–water partition coefficient (Wildman–Crippen LogP) is 1.28. The highest BCUT2D eigenvalue weighted by Crippen LogP contribution is 2.15. The van der Waals surface area contributed by atoms with E-state index >= 15 is 0 Å². The number of aromatic nitrogens is 1. The lowest BCUT2D eigenvalue weighted by Crippen LogP contribution is -2.36. The minimum Gasteiger partial charge on any atom is -0.483 e. The lowest BCUT2D eigenvalue weighted by molar-refractivity contribution is 0.394. The van der Waals surface area contributed by atoms with E-state index in [9.17, 15) is 17.3 Å². The van der Waals surface area contributed by atoms with E-state index in [4.69, 9.17) is 0 Å². The van der Waals surface area contributed by atoms with Gasteiger partial charge in [-0.05, 0) is 11.5 Å². The fourth-order valence-corrected chi connectivity index (χ4v) is 0.847. The van der Waals surface area contributed by atoms with Crippen molar-refractivity contribution in [3.63, 3.8) is 0 Å². The maximum absolute atomic E-state index is 12.4. The Hall–Kier alpha value is -1.27. The lowest BCUT2D eigenvalue weighted by atomic mass is 9.81. The summed E-state index contributed by atoms with van der Waals surface area (Å²) in [5, 5.41) is 0. The molecule has 0 aliphatic heterocycles. The number of hydrogen-bond donors (Lipinski definition) is 0. The van der Waals surface area contributed by atoms with E-state index in [1.165, 1.54) is 0 Å². The molecule has 0 N–H and O–H groups in total. The molecule has 13 heavy (non-hydrogen) atoms. The largest absolute Gasteiger partial charge is 0.515 e. The number of hydrogen-bond acceptors (Lipinski definition) is 2. The van der Waals surface area contributed by atoms with Crippen LogP contribution in [0.4, 0.5) is 17.3 Å². The molecule has 0 amide bonds. The summed E-state index contributed by atoms with van der Waals surface area (Å²) < 4.78 is 53.3. The van der Waals surface area contributed by atoms with Crippen molar-refractivity contribution in [2.45, 2.75) is 0 Å². The van der Waals surface area contributed by atoms with Crippen molar-refractivity contribution < 1.29 is 22.1 Å². The molecule has 7 heteroatoms. The van der Waals surface area contributed by atoms with E-state index in [0.717, 1.165) is 7.11 Å². The first-order chi connectivity index (χ1) is 5.95. The molecular weight excluding hydrogens is 189 g/mol. The summed E-state index contributed by atoms with van der Waals surface area (Å²) in [6, 6.07) is 0.367. The zero-order chi connectivity index (χ0) is 10.1. The van der Waals surface area contributed by atoms with Crippen molar-refractivity contribution in [3.8, 4) is 5.88 Å². The number of ether oxygens (including phenoxy) is 1. The van der Waals surface area contributed by atoms with Gasteiger partial charge in [-0.15, -0.1) is 0 Å². The Morgan fingerprint density at radius 1 is 1.38 bits per heavy atom. The van der Waals surface area contributed by atoms with Gasteiger partial charge in [-0.25, -0.2) is 9.37 Å². The van der Waals surface area contributed by atoms with Crippen LogP contribution in [0.2, 0.25) is 0 Å². The fourth-order valence-electron chi connectivity index (χ4n) is 0.847. The average Bonchev–Trinajstić information content (AvgIpc) is 2.03. The molecule has 0 radical (unpaired) electrons. The van der Waals surface area contributed by atoms with Crippen LogP contribution >= 0.6 is 0 Å². The second-order valence-corrected chi connectivity index (χ2v) is 2.33. The maximum atomic E-state index is 12.4.